The molecule has 184 valence electrons. The van der Waals surface area contributed by atoms with E-state index >= 15 is 0 Å². The minimum atomic E-state index is -4.63. The van der Waals surface area contributed by atoms with Crippen LogP contribution in [0.3, 0.4) is 0 Å². The van der Waals surface area contributed by atoms with Gasteiger partial charge in [-0.2, -0.15) is 0 Å². The van der Waals surface area contributed by atoms with Gasteiger partial charge in [0.05, 0.1) is 17.1 Å². The predicted molar refractivity (Wildman–Crippen MR) is 150 cm³/mol. The molecule has 0 saturated heterocycles. The fraction of sp³-hybridized carbons (Fsp3) is 0.391. The van der Waals surface area contributed by atoms with Crippen LogP contribution in [0.15, 0.2) is 35.2 Å². The number of halogens is 3. The van der Waals surface area contributed by atoms with Crippen molar-refractivity contribution in [1.29, 1.82) is 0 Å². The van der Waals surface area contributed by atoms with E-state index in [2.05, 4.69) is 67.8 Å². The van der Waals surface area contributed by atoms with Gasteiger partial charge in [0, 0.05) is 17.1 Å². The fourth-order valence-electron chi connectivity index (χ4n) is 3.90. The van der Waals surface area contributed by atoms with Crippen LogP contribution >= 0.6 is 67.8 Å². The second-order valence-electron chi connectivity index (χ2n) is 7.95. The third-order valence-electron chi connectivity index (χ3n) is 5.50. The molecule has 2 aromatic rings. The highest BCUT2D eigenvalue weighted by Gasteiger charge is 2.22. The molecule has 0 atom stereocenters. The summed E-state index contributed by atoms with van der Waals surface area (Å²) >= 11 is 6.41. The number of rotatable bonds is 8. The third-order valence-corrected chi connectivity index (χ3v) is 10.1. The molecule has 0 aliphatic heterocycles. The topological polar surface area (TPSA) is 110 Å². The molecule has 34 heavy (non-hydrogen) atoms. The van der Waals surface area contributed by atoms with Gasteiger partial charge in [-0.1, -0.05) is 19.3 Å². The smallest absolute Gasteiger partial charge is 0.339 e. The molecule has 0 unspecified atom stereocenters. The molecule has 0 bridgehead atoms. The quantitative estimate of drug-likeness (QED) is 0.0804. The number of hydrogen-bond acceptors (Lipinski definition) is 7. The van der Waals surface area contributed by atoms with Crippen LogP contribution in [0.2, 0.25) is 0 Å². The minimum absolute atomic E-state index is 0.0224. The Morgan fingerprint density at radius 3 is 2.41 bits per heavy atom. The second kappa shape index (κ2) is 12.6. The lowest BCUT2D eigenvalue weighted by Crippen LogP contribution is -2.14. The van der Waals surface area contributed by atoms with Crippen LogP contribution in [0.5, 0.6) is 5.75 Å². The van der Waals surface area contributed by atoms with Gasteiger partial charge in [0.15, 0.2) is 0 Å². The molecule has 0 spiro atoms. The highest BCUT2D eigenvalue weighted by Crippen LogP contribution is 2.37. The van der Waals surface area contributed by atoms with Crippen molar-refractivity contribution >= 4 is 89.8 Å². The molecule has 1 fully saturated rings. The van der Waals surface area contributed by atoms with E-state index in [0.717, 1.165) is 42.8 Å². The van der Waals surface area contributed by atoms with Gasteiger partial charge in [-0.15, -0.1) is 0 Å². The summed E-state index contributed by atoms with van der Waals surface area (Å²) in [5, 5.41) is 0. The van der Waals surface area contributed by atoms with Crippen molar-refractivity contribution in [2.75, 3.05) is 6.61 Å². The summed E-state index contributed by atoms with van der Waals surface area (Å²) in [4.78, 5) is 24.4. The van der Waals surface area contributed by atoms with Gasteiger partial charge >= 0.3 is 11.9 Å². The van der Waals surface area contributed by atoms with Crippen molar-refractivity contribution < 1.29 is 32.0 Å². The Bertz CT molecular complexity index is 1180. The molecule has 7 nitrogen and oxygen atoms in total. The molecular formula is C23H22I3O7S-. The van der Waals surface area contributed by atoms with Gasteiger partial charge in [0.1, 0.15) is 15.9 Å². The van der Waals surface area contributed by atoms with E-state index in [-0.39, 0.29) is 36.0 Å². The van der Waals surface area contributed by atoms with Gasteiger partial charge in [0.25, 0.3) is 0 Å². The molecule has 2 aromatic carbocycles. The van der Waals surface area contributed by atoms with Crippen LogP contribution in [0.1, 0.15) is 66.8 Å². The van der Waals surface area contributed by atoms with E-state index in [4.69, 9.17) is 9.47 Å². The Morgan fingerprint density at radius 2 is 1.74 bits per heavy atom. The second-order valence-corrected chi connectivity index (χ2v) is 12.8. The molecule has 11 heteroatoms. The Morgan fingerprint density at radius 1 is 1.03 bits per heavy atom. The van der Waals surface area contributed by atoms with Crippen LogP contribution in [0.4, 0.5) is 0 Å². The average Bonchev–Trinajstić information content (AvgIpc) is 2.78. The van der Waals surface area contributed by atoms with E-state index in [1.54, 1.807) is 6.07 Å². The summed E-state index contributed by atoms with van der Waals surface area (Å²) in [7, 11) is -4.63. The number of carbonyl (C=O) groups is 2. The number of hydrogen-bond donors (Lipinski definition) is 0. The number of ether oxygens (including phenoxy) is 2. The molecule has 1 aliphatic rings. The SMILES string of the molecule is O=C(CCCOC(=O)c1cc(I)cc(I)c1I)Oc1ccc(S(=O)(=O)[O-])c(C2CCCCC2)c1. The largest absolute Gasteiger partial charge is 0.744 e. The average molecular weight is 823 g/mol. The van der Waals surface area contributed by atoms with E-state index < -0.39 is 22.1 Å². The molecule has 1 aliphatic carbocycles. The zero-order chi connectivity index (χ0) is 24.9. The van der Waals surface area contributed by atoms with Crippen molar-refractivity contribution in [3.05, 3.63) is 52.2 Å². The zero-order valence-electron chi connectivity index (χ0n) is 18.0. The monoisotopic (exact) mass is 823 g/mol. The molecule has 0 heterocycles. The van der Waals surface area contributed by atoms with Gasteiger partial charge in [-0.05, 0) is 129 Å². The van der Waals surface area contributed by atoms with Gasteiger partial charge in [-0.25, -0.2) is 13.2 Å². The van der Waals surface area contributed by atoms with E-state index in [0.29, 0.717) is 11.1 Å². The standard InChI is InChI=1S/C23H23I3O7S/c24-15-11-18(22(26)19(25)12-15)23(28)32-10-4-7-21(27)33-16-8-9-20(34(29,30)31)17(13-16)14-5-2-1-3-6-14/h8-9,11-14H,1-7,10H2,(H,29,30,31)/p-1. The Hall–Kier alpha value is -0.520. The third kappa shape index (κ3) is 7.74. The van der Waals surface area contributed by atoms with Crippen LogP contribution in [-0.2, 0) is 19.6 Å². The molecule has 0 N–H and O–H groups in total. The summed E-state index contributed by atoms with van der Waals surface area (Å²) < 4.78 is 48.5. The lowest BCUT2D eigenvalue weighted by Gasteiger charge is -2.25. The van der Waals surface area contributed by atoms with Crippen LogP contribution < -0.4 is 4.74 Å². The van der Waals surface area contributed by atoms with Crippen LogP contribution in [0, 0.1) is 10.7 Å². The number of carbonyl (C=O) groups excluding carboxylic acids is 2. The molecule has 0 aromatic heterocycles. The van der Waals surface area contributed by atoms with E-state index in [1.165, 1.54) is 18.2 Å². The van der Waals surface area contributed by atoms with E-state index in [1.807, 2.05) is 6.07 Å². The Balaban J connectivity index is 1.57. The lowest BCUT2D eigenvalue weighted by molar-refractivity contribution is -0.134. The first-order chi connectivity index (χ1) is 16.1. The number of benzene rings is 2. The molecule has 0 amide bonds. The summed E-state index contributed by atoms with van der Waals surface area (Å²) in [5.41, 5.74) is 0.916. The zero-order valence-corrected chi connectivity index (χ0v) is 25.3. The van der Waals surface area contributed by atoms with E-state index in [9.17, 15) is 22.6 Å². The summed E-state index contributed by atoms with van der Waals surface area (Å²) in [6.07, 6.45) is 4.90. The Kier molecular flexibility index (Phi) is 10.4. The highest BCUT2D eigenvalue weighted by molar-refractivity contribution is 14.1. The maximum absolute atomic E-state index is 12.4. The highest BCUT2D eigenvalue weighted by atomic mass is 127. The molecule has 1 saturated carbocycles. The first-order valence-electron chi connectivity index (χ1n) is 10.7. The van der Waals surface area contributed by atoms with Crippen LogP contribution in [-0.4, -0.2) is 31.5 Å². The summed E-state index contributed by atoms with van der Waals surface area (Å²) in [6.45, 7) is 0.0623. The maximum Gasteiger partial charge on any atom is 0.339 e. The first kappa shape index (κ1) is 28.1. The van der Waals surface area contributed by atoms with Crippen LogP contribution in [0.25, 0.3) is 0 Å². The minimum Gasteiger partial charge on any atom is -0.744 e. The lowest BCUT2D eigenvalue weighted by atomic mass is 9.84. The first-order valence-corrected chi connectivity index (χ1v) is 15.3. The summed E-state index contributed by atoms with van der Waals surface area (Å²) in [5.74, 6) is -0.808. The normalized spacial score (nSPS) is 14.6. The van der Waals surface area contributed by atoms with Crippen molar-refractivity contribution in [2.45, 2.75) is 55.8 Å². The van der Waals surface area contributed by atoms with Crippen molar-refractivity contribution in [3.8, 4) is 5.75 Å². The van der Waals surface area contributed by atoms with Crippen molar-refractivity contribution in [2.24, 2.45) is 0 Å². The molecule has 0 radical (unpaired) electrons. The van der Waals surface area contributed by atoms with Crippen molar-refractivity contribution in [3.63, 3.8) is 0 Å². The number of esters is 2. The fourth-order valence-corrected chi connectivity index (χ4v) is 7.02. The van der Waals surface area contributed by atoms with Gasteiger partial charge in [-0.3, -0.25) is 4.79 Å². The van der Waals surface area contributed by atoms with Gasteiger partial charge < -0.3 is 14.0 Å². The van der Waals surface area contributed by atoms with Gasteiger partial charge in [0.2, 0.25) is 0 Å². The molecular weight excluding hydrogens is 801 g/mol. The van der Waals surface area contributed by atoms with Crippen molar-refractivity contribution in [1.82, 2.24) is 0 Å². The molecule has 3 rings (SSSR count). The maximum atomic E-state index is 12.4. The predicted octanol–water partition coefficient (Wildman–Crippen LogP) is 5.99. The Labute approximate surface area is 239 Å². The summed E-state index contributed by atoms with van der Waals surface area (Å²) in [6, 6.07) is 7.78.